The Hall–Kier alpha value is -3.59. The molecule has 0 aromatic heterocycles. The van der Waals surface area contributed by atoms with Gasteiger partial charge in [-0.1, -0.05) is 23.8 Å². The van der Waals surface area contributed by atoms with E-state index in [1.807, 2.05) is 25.1 Å². The van der Waals surface area contributed by atoms with Crippen LogP contribution in [0.25, 0.3) is 0 Å². The molecule has 0 aliphatic carbocycles. The summed E-state index contributed by atoms with van der Waals surface area (Å²) in [5, 5.41) is 14.3. The Morgan fingerprint density at radius 3 is 2.64 bits per heavy atom. The lowest BCUT2D eigenvalue weighted by Crippen LogP contribution is -2.54. The number of imide groups is 1. The highest BCUT2D eigenvalue weighted by Gasteiger charge is 2.74. The maximum absolute atomic E-state index is 14.0. The van der Waals surface area contributed by atoms with Crippen molar-refractivity contribution in [2.45, 2.75) is 38.3 Å². The van der Waals surface area contributed by atoms with Crippen LogP contribution in [0, 0.1) is 35.8 Å². The number of amides is 3. The number of non-ortho nitro benzene ring substituents is 1. The minimum Gasteiger partial charge on any atom is -0.324 e. The molecule has 1 N–H and O–H groups in total. The van der Waals surface area contributed by atoms with E-state index in [9.17, 15) is 24.5 Å². The molecule has 0 radical (unpaired) electrons. The summed E-state index contributed by atoms with van der Waals surface area (Å²) >= 11 is 0. The Balaban J connectivity index is 1.56. The largest absolute Gasteiger partial charge is 0.324 e. The first kappa shape index (κ1) is 20.0. The number of rotatable bonds is 2. The molecule has 0 bridgehead atoms. The molecule has 1 spiro atoms. The second-order valence-electron chi connectivity index (χ2n) is 9.42. The number of nitrogens with one attached hydrogen (secondary N) is 1. The van der Waals surface area contributed by atoms with E-state index >= 15 is 0 Å². The monoisotopic (exact) mass is 446 g/mol. The molecule has 168 valence electrons. The zero-order chi connectivity index (χ0) is 23.2. The van der Waals surface area contributed by atoms with Gasteiger partial charge in [0.1, 0.15) is 5.54 Å². The second kappa shape index (κ2) is 6.48. The van der Waals surface area contributed by atoms with Crippen LogP contribution in [0.2, 0.25) is 0 Å². The molecule has 3 fully saturated rings. The van der Waals surface area contributed by atoms with Crippen LogP contribution in [0.1, 0.15) is 29.5 Å². The zero-order valence-corrected chi connectivity index (χ0v) is 18.2. The Kier molecular flexibility index (Phi) is 3.93. The van der Waals surface area contributed by atoms with Crippen LogP contribution in [0.3, 0.4) is 0 Å². The SMILES string of the molecule is Cc1ccc2c(c1)[C@@]1(C(=O)N2)[C@@H]2C(=O)N(c3cc([N+](=O)[O-])ccc3C)C(=O)[C@@H]2[C@H]2CCCN21. The highest BCUT2D eigenvalue weighted by Crippen LogP contribution is 2.60. The fraction of sp³-hybridized carbons (Fsp3) is 0.375. The number of fused-ring (bicyclic) bond motifs is 7. The van der Waals surface area contributed by atoms with E-state index < -0.39 is 28.2 Å². The topological polar surface area (TPSA) is 113 Å². The molecule has 3 amide bonds. The number of nitro benzene ring substituents is 1. The number of carbonyl (C=O) groups is 3. The maximum atomic E-state index is 14.0. The third kappa shape index (κ3) is 2.32. The fourth-order valence-corrected chi connectivity index (χ4v) is 6.51. The van der Waals surface area contributed by atoms with Gasteiger partial charge in [0.2, 0.25) is 17.7 Å². The van der Waals surface area contributed by atoms with Gasteiger partial charge in [-0.25, -0.2) is 4.90 Å². The molecule has 0 saturated carbocycles. The summed E-state index contributed by atoms with van der Waals surface area (Å²) in [5.74, 6) is -2.67. The molecule has 4 atom stereocenters. The van der Waals surface area contributed by atoms with E-state index in [4.69, 9.17) is 0 Å². The third-order valence-corrected chi connectivity index (χ3v) is 7.79. The van der Waals surface area contributed by atoms with Gasteiger partial charge in [-0.2, -0.15) is 0 Å². The lowest BCUT2D eigenvalue weighted by molar-refractivity contribution is -0.384. The van der Waals surface area contributed by atoms with E-state index in [1.54, 1.807) is 13.0 Å². The smallest absolute Gasteiger partial charge is 0.271 e. The summed E-state index contributed by atoms with van der Waals surface area (Å²) in [6.45, 7) is 4.28. The van der Waals surface area contributed by atoms with Gasteiger partial charge in [-0.3, -0.25) is 29.4 Å². The first-order valence-electron chi connectivity index (χ1n) is 11.1. The van der Waals surface area contributed by atoms with Crippen molar-refractivity contribution < 1.29 is 19.3 Å². The standard InChI is InChI=1S/C24H22N4O5/c1-12-5-8-16-15(10-12)24(23(31)25-16)20-19(17-4-3-9-26(17)24)21(29)27(22(20)30)18-11-14(28(32)33)7-6-13(18)2/h5-8,10-11,17,19-20H,3-4,9H2,1-2H3,(H,25,31)/t17-,19-,20+,24+/m1/s1. The molecule has 2 aromatic rings. The van der Waals surface area contributed by atoms with Crippen LogP contribution in [0.4, 0.5) is 17.1 Å². The van der Waals surface area contributed by atoms with Crippen LogP contribution in [-0.4, -0.2) is 40.1 Å². The van der Waals surface area contributed by atoms with Crippen LogP contribution in [0.15, 0.2) is 36.4 Å². The predicted octanol–water partition coefficient (Wildman–Crippen LogP) is 2.64. The minimum atomic E-state index is -1.25. The van der Waals surface area contributed by atoms with Crippen molar-refractivity contribution in [1.82, 2.24) is 4.90 Å². The third-order valence-electron chi connectivity index (χ3n) is 7.79. The number of aryl methyl sites for hydroxylation is 2. The molecule has 2 aromatic carbocycles. The number of anilines is 2. The number of hydrogen-bond donors (Lipinski definition) is 1. The van der Waals surface area contributed by atoms with E-state index in [0.717, 1.165) is 28.9 Å². The average molecular weight is 446 g/mol. The molecule has 4 aliphatic rings. The molecule has 3 saturated heterocycles. The Morgan fingerprint density at radius 1 is 1.09 bits per heavy atom. The van der Waals surface area contributed by atoms with E-state index in [2.05, 4.69) is 10.2 Å². The Bertz CT molecular complexity index is 1290. The molecule has 33 heavy (non-hydrogen) atoms. The highest BCUT2D eigenvalue weighted by atomic mass is 16.6. The summed E-state index contributed by atoms with van der Waals surface area (Å²) in [4.78, 5) is 55.4. The van der Waals surface area contributed by atoms with Gasteiger partial charge in [0, 0.05) is 29.4 Å². The van der Waals surface area contributed by atoms with E-state index in [-0.39, 0.29) is 29.2 Å². The lowest BCUT2D eigenvalue weighted by Gasteiger charge is -2.36. The minimum absolute atomic E-state index is 0.190. The van der Waals surface area contributed by atoms with Crippen LogP contribution in [-0.2, 0) is 19.9 Å². The summed E-state index contributed by atoms with van der Waals surface area (Å²) in [6.07, 6.45) is 1.56. The van der Waals surface area contributed by atoms with E-state index in [1.165, 1.54) is 12.1 Å². The molecular formula is C24H22N4O5. The van der Waals surface area contributed by atoms with Gasteiger partial charge in [0.05, 0.1) is 22.4 Å². The number of hydrogen-bond acceptors (Lipinski definition) is 6. The average Bonchev–Trinajstić information content (AvgIpc) is 3.47. The zero-order valence-electron chi connectivity index (χ0n) is 18.2. The van der Waals surface area contributed by atoms with Gasteiger partial charge in [0.15, 0.2) is 0 Å². The number of carbonyl (C=O) groups excluding carboxylic acids is 3. The molecule has 4 heterocycles. The summed E-state index contributed by atoms with van der Waals surface area (Å²) < 4.78 is 0. The van der Waals surface area contributed by atoms with Crippen molar-refractivity contribution in [2.75, 3.05) is 16.8 Å². The molecule has 6 rings (SSSR count). The fourth-order valence-electron chi connectivity index (χ4n) is 6.51. The normalized spacial score (nSPS) is 30.1. The first-order chi connectivity index (χ1) is 15.8. The highest BCUT2D eigenvalue weighted by molar-refractivity contribution is 6.26. The van der Waals surface area contributed by atoms with Crippen molar-refractivity contribution in [3.8, 4) is 0 Å². The number of nitro groups is 1. The van der Waals surface area contributed by atoms with Gasteiger partial charge in [-0.15, -0.1) is 0 Å². The maximum Gasteiger partial charge on any atom is 0.271 e. The van der Waals surface area contributed by atoms with Crippen molar-refractivity contribution in [2.24, 2.45) is 11.8 Å². The predicted molar refractivity (Wildman–Crippen MR) is 119 cm³/mol. The van der Waals surface area contributed by atoms with Gasteiger partial charge >= 0.3 is 0 Å². The van der Waals surface area contributed by atoms with Crippen LogP contribution < -0.4 is 10.2 Å². The summed E-state index contributed by atoms with van der Waals surface area (Å²) in [7, 11) is 0. The van der Waals surface area contributed by atoms with Crippen molar-refractivity contribution in [3.63, 3.8) is 0 Å². The Morgan fingerprint density at radius 2 is 1.88 bits per heavy atom. The second-order valence-corrected chi connectivity index (χ2v) is 9.42. The Labute approximate surface area is 189 Å². The van der Waals surface area contributed by atoms with Crippen molar-refractivity contribution in [3.05, 3.63) is 63.2 Å². The van der Waals surface area contributed by atoms with Crippen molar-refractivity contribution in [1.29, 1.82) is 0 Å². The van der Waals surface area contributed by atoms with Gasteiger partial charge in [-0.05, 0) is 44.9 Å². The number of benzene rings is 2. The van der Waals surface area contributed by atoms with Gasteiger partial charge in [0.25, 0.3) is 5.69 Å². The molecule has 0 unspecified atom stereocenters. The van der Waals surface area contributed by atoms with Gasteiger partial charge < -0.3 is 5.32 Å². The summed E-state index contributed by atoms with van der Waals surface area (Å²) in [6, 6.07) is 9.64. The molecular weight excluding hydrogens is 424 g/mol. The quantitative estimate of drug-likeness (QED) is 0.431. The number of nitrogens with zero attached hydrogens (tertiary/aromatic N) is 3. The van der Waals surface area contributed by atoms with Crippen LogP contribution >= 0.6 is 0 Å². The van der Waals surface area contributed by atoms with Crippen molar-refractivity contribution >= 4 is 34.8 Å². The molecule has 4 aliphatic heterocycles. The molecule has 9 nitrogen and oxygen atoms in total. The van der Waals surface area contributed by atoms with E-state index in [0.29, 0.717) is 17.8 Å². The first-order valence-corrected chi connectivity index (χ1v) is 11.1. The molecule has 9 heteroatoms. The summed E-state index contributed by atoms with van der Waals surface area (Å²) in [5.41, 5.74) is 1.75. The van der Waals surface area contributed by atoms with Crippen LogP contribution in [0.5, 0.6) is 0 Å². The lowest BCUT2D eigenvalue weighted by atomic mass is 9.75.